The number of hydrogen-bond donors (Lipinski definition) is 2. The van der Waals surface area contributed by atoms with Gasteiger partial charge in [0.2, 0.25) is 10.0 Å². The van der Waals surface area contributed by atoms with Gasteiger partial charge in [-0.05, 0) is 44.5 Å². The summed E-state index contributed by atoms with van der Waals surface area (Å²) in [5.74, 6) is -0.548. The minimum Gasteiger partial charge on any atom is -0.326 e. The summed E-state index contributed by atoms with van der Waals surface area (Å²) in [5, 5.41) is 0. The van der Waals surface area contributed by atoms with Gasteiger partial charge in [0.05, 0.1) is 4.90 Å². The Morgan fingerprint density at radius 2 is 2.10 bits per heavy atom. The Morgan fingerprint density at radius 1 is 1.43 bits per heavy atom. The predicted molar refractivity (Wildman–Crippen MR) is 79.9 cm³/mol. The van der Waals surface area contributed by atoms with Crippen molar-refractivity contribution in [3.8, 4) is 0 Å². The summed E-state index contributed by atoms with van der Waals surface area (Å²) in [6.45, 7) is 2.51. The van der Waals surface area contributed by atoms with Gasteiger partial charge in [0, 0.05) is 31.2 Å². The van der Waals surface area contributed by atoms with Crippen molar-refractivity contribution in [1.29, 1.82) is 0 Å². The highest BCUT2D eigenvalue weighted by atomic mass is 32.2. The van der Waals surface area contributed by atoms with Crippen LogP contribution in [-0.4, -0.2) is 39.5 Å². The average molecular weight is 315 g/mol. The van der Waals surface area contributed by atoms with Gasteiger partial charge in [-0.3, -0.25) is 0 Å². The van der Waals surface area contributed by atoms with E-state index in [0.29, 0.717) is 24.7 Å². The second kappa shape index (κ2) is 6.39. The van der Waals surface area contributed by atoms with Crippen LogP contribution in [0.15, 0.2) is 17.0 Å². The minimum atomic E-state index is -3.72. The summed E-state index contributed by atoms with van der Waals surface area (Å²) in [4.78, 5) is 2.10. The Balaban J connectivity index is 2.09. The molecule has 1 aliphatic carbocycles. The van der Waals surface area contributed by atoms with Gasteiger partial charge < -0.3 is 10.6 Å². The van der Waals surface area contributed by atoms with E-state index in [1.165, 1.54) is 31.9 Å². The monoisotopic (exact) mass is 315 g/mol. The fourth-order valence-electron chi connectivity index (χ4n) is 2.24. The SMILES string of the molecule is Cc1c(F)cc(CN)cc1S(=O)(=O)NCCN(C)C1CC1. The van der Waals surface area contributed by atoms with Crippen LogP contribution in [0, 0.1) is 12.7 Å². The molecule has 0 spiro atoms. The molecule has 3 N–H and O–H groups in total. The van der Waals surface area contributed by atoms with Crippen molar-refractivity contribution in [1.82, 2.24) is 9.62 Å². The van der Waals surface area contributed by atoms with E-state index >= 15 is 0 Å². The van der Waals surface area contributed by atoms with Crippen LogP contribution in [-0.2, 0) is 16.6 Å². The molecule has 1 saturated carbocycles. The topological polar surface area (TPSA) is 75.4 Å². The molecular formula is C14H22FN3O2S. The molecule has 0 unspecified atom stereocenters. The number of rotatable bonds is 7. The molecule has 1 aromatic rings. The Hall–Kier alpha value is -1.02. The third-order valence-electron chi connectivity index (χ3n) is 3.81. The number of nitrogens with zero attached hydrogens (tertiary/aromatic N) is 1. The molecule has 0 aliphatic heterocycles. The van der Waals surface area contributed by atoms with Crippen LogP contribution < -0.4 is 10.5 Å². The summed E-state index contributed by atoms with van der Waals surface area (Å²) in [7, 11) is -1.74. The van der Waals surface area contributed by atoms with Crippen molar-refractivity contribution in [2.45, 2.75) is 37.2 Å². The lowest BCUT2D eigenvalue weighted by atomic mass is 10.1. The van der Waals surface area contributed by atoms with E-state index in [1.807, 2.05) is 7.05 Å². The lowest BCUT2D eigenvalue weighted by Gasteiger charge is -2.16. The summed E-state index contributed by atoms with van der Waals surface area (Å²) in [5.41, 5.74) is 6.06. The van der Waals surface area contributed by atoms with Gasteiger partial charge in [-0.1, -0.05) is 0 Å². The Morgan fingerprint density at radius 3 is 2.67 bits per heavy atom. The van der Waals surface area contributed by atoms with Gasteiger partial charge in [0.1, 0.15) is 5.82 Å². The predicted octanol–water partition coefficient (Wildman–Crippen LogP) is 0.965. The van der Waals surface area contributed by atoms with Crippen LogP contribution >= 0.6 is 0 Å². The van der Waals surface area contributed by atoms with Crippen LogP contribution in [0.2, 0.25) is 0 Å². The van der Waals surface area contributed by atoms with Gasteiger partial charge in [0.15, 0.2) is 0 Å². The molecule has 118 valence electrons. The summed E-state index contributed by atoms with van der Waals surface area (Å²) >= 11 is 0. The molecule has 0 bridgehead atoms. The zero-order valence-corrected chi connectivity index (χ0v) is 13.2. The zero-order valence-electron chi connectivity index (χ0n) is 12.4. The van der Waals surface area contributed by atoms with Crippen molar-refractivity contribution in [2.75, 3.05) is 20.1 Å². The van der Waals surface area contributed by atoms with E-state index in [0.717, 1.165) is 0 Å². The highest BCUT2D eigenvalue weighted by molar-refractivity contribution is 7.89. The molecule has 7 heteroatoms. The zero-order chi connectivity index (χ0) is 15.6. The van der Waals surface area contributed by atoms with Crippen LogP contribution in [0.4, 0.5) is 4.39 Å². The van der Waals surface area contributed by atoms with Crippen LogP contribution in [0.1, 0.15) is 24.0 Å². The standard InChI is InChI=1S/C14H22FN3O2S/c1-10-13(15)7-11(9-16)8-14(10)21(19,20)17-5-6-18(2)12-3-4-12/h7-8,12,17H,3-6,9,16H2,1-2H3. The average Bonchev–Trinajstić information content (AvgIpc) is 3.25. The maximum Gasteiger partial charge on any atom is 0.240 e. The Bertz CT molecular complexity index is 615. The van der Waals surface area contributed by atoms with Crippen molar-refractivity contribution >= 4 is 10.0 Å². The van der Waals surface area contributed by atoms with Crippen LogP contribution in [0.5, 0.6) is 0 Å². The first kappa shape index (κ1) is 16.4. The molecule has 2 rings (SSSR count). The van der Waals surface area contributed by atoms with Gasteiger partial charge >= 0.3 is 0 Å². The van der Waals surface area contributed by atoms with Crippen molar-refractivity contribution in [3.05, 3.63) is 29.1 Å². The number of likely N-dealkylation sites (N-methyl/N-ethyl adjacent to an activating group) is 1. The Kier molecular flexibility index (Phi) is 4.98. The molecule has 5 nitrogen and oxygen atoms in total. The smallest absolute Gasteiger partial charge is 0.240 e. The summed E-state index contributed by atoms with van der Waals surface area (Å²) < 4.78 is 40.9. The van der Waals surface area contributed by atoms with E-state index in [1.54, 1.807) is 0 Å². The number of benzene rings is 1. The van der Waals surface area contributed by atoms with E-state index < -0.39 is 15.8 Å². The fourth-order valence-corrected chi connectivity index (χ4v) is 3.56. The molecule has 0 saturated heterocycles. The highest BCUT2D eigenvalue weighted by Gasteiger charge is 2.26. The Labute approximate surface area is 125 Å². The lowest BCUT2D eigenvalue weighted by Crippen LogP contribution is -2.34. The summed E-state index contributed by atoms with van der Waals surface area (Å²) in [6, 6.07) is 3.29. The first-order chi connectivity index (χ1) is 9.85. The number of hydrogen-bond acceptors (Lipinski definition) is 4. The van der Waals surface area contributed by atoms with Gasteiger partial charge in [0.25, 0.3) is 0 Å². The first-order valence-corrected chi connectivity index (χ1v) is 8.52. The molecule has 1 aliphatic rings. The molecule has 0 aromatic heterocycles. The molecule has 1 fully saturated rings. The normalized spacial score (nSPS) is 15.7. The lowest BCUT2D eigenvalue weighted by molar-refractivity contribution is 0.329. The van der Waals surface area contributed by atoms with E-state index in [2.05, 4.69) is 9.62 Å². The van der Waals surface area contributed by atoms with Crippen LogP contribution in [0.3, 0.4) is 0 Å². The van der Waals surface area contributed by atoms with Crippen LogP contribution in [0.25, 0.3) is 0 Å². The molecule has 0 atom stereocenters. The van der Waals surface area contributed by atoms with Crippen molar-refractivity contribution < 1.29 is 12.8 Å². The highest BCUT2D eigenvalue weighted by Crippen LogP contribution is 2.25. The van der Waals surface area contributed by atoms with Gasteiger partial charge in [-0.2, -0.15) is 0 Å². The van der Waals surface area contributed by atoms with Gasteiger partial charge in [-0.25, -0.2) is 17.5 Å². The third-order valence-corrected chi connectivity index (χ3v) is 5.40. The largest absolute Gasteiger partial charge is 0.326 e. The molecule has 0 heterocycles. The second-order valence-corrected chi connectivity index (χ2v) is 7.25. The van der Waals surface area contributed by atoms with E-state index in [9.17, 15) is 12.8 Å². The van der Waals surface area contributed by atoms with Gasteiger partial charge in [-0.15, -0.1) is 0 Å². The maximum absolute atomic E-state index is 13.8. The number of nitrogens with one attached hydrogen (secondary N) is 1. The molecular weight excluding hydrogens is 293 g/mol. The molecule has 1 aromatic carbocycles. The minimum absolute atomic E-state index is 0.0305. The van der Waals surface area contributed by atoms with E-state index in [4.69, 9.17) is 5.73 Å². The first-order valence-electron chi connectivity index (χ1n) is 7.04. The van der Waals surface area contributed by atoms with Crippen molar-refractivity contribution in [2.24, 2.45) is 5.73 Å². The van der Waals surface area contributed by atoms with E-state index in [-0.39, 0.29) is 17.0 Å². The number of sulfonamides is 1. The second-order valence-electron chi connectivity index (χ2n) is 5.51. The maximum atomic E-state index is 13.8. The fraction of sp³-hybridized carbons (Fsp3) is 0.571. The number of halogens is 1. The molecule has 0 amide bonds. The summed E-state index contributed by atoms with van der Waals surface area (Å²) in [6.07, 6.45) is 2.35. The third kappa shape index (κ3) is 4.00. The van der Waals surface area contributed by atoms with Crippen molar-refractivity contribution in [3.63, 3.8) is 0 Å². The number of nitrogens with two attached hydrogens (primary N) is 1. The quantitative estimate of drug-likeness (QED) is 0.786. The molecule has 0 radical (unpaired) electrons. The molecule has 21 heavy (non-hydrogen) atoms.